The zero-order valence-electron chi connectivity index (χ0n) is 10.6. The molecule has 2 rings (SSSR count). The molecule has 20 heavy (non-hydrogen) atoms. The molecule has 2 aromatic rings. The Morgan fingerprint density at radius 1 is 1.00 bits per heavy atom. The van der Waals surface area contributed by atoms with E-state index in [0.717, 1.165) is 0 Å². The molecule has 0 bridgehead atoms. The van der Waals surface area contributed by atoms with Crippen LogP contribution in [0.3, 0.4) is 0 Å². The molecule has 0 saturated carbocycles. The number of carbonyl (C=O) groups is 2. The van der Waals surface area contributed by atoms with E-state index in [1.54, 1.807) is 41.2 Å². The van der Waals surface area contributed by atoms with Gasteiger partial charge in [0.25, 0.3) is 5.91 Å². The van der Waals surface area contributed by atoms with E-state index in [2.05, 4.69) is 5.43 Å². The smallest absolute Gasteiger partial charge is 0.265 e. The van der Waals surface area contributed by atoms with Crippen molar-refractivity contribution in [1.82, 2.24) is 5.43 Å². The first-order valence-electron chi connectivity index (χ1n) is 5.79. The number of nitrogens with two attached hydrogens (primary N) is 1. The zero-order chi connectivity index (χ0) is 13.7. The maximum absolute atomic E-state index is 12.0. The Morgan fingerprint density at radius 3 is 2.15 bits per heavy atom. The van der Waals surface area contributed by atoms with Gasteiger partial charge in [0.05, 0.1) is 5.56 Å². The van der Waals surface area contributed by atoms with E-state index < -0.39 is 0 Å². The number of ketones is 1. The fourth-order valence-corrected chi connectivity index (χ4v) is 1.68. The van der Waals surface area contributed by atoms with E-state index in [1.165, 1.54) is 0 Å². The van der Waals surface area contributed by atoms with E-state index in [4.69, 9.17) is 5.84 Å². The summed E-state index contributed by atoms with van der Waals surface area (Å²) in [5.41, 5.74) is 3.17. The number of nitrogens with zero attached hydrogens (tertiary/aromatic N) is 1. The number of pyridine rings is 1. The second-order valence-electron chi connectivity index (χ2n) is 4.02. The van der Waals surface area contributed by atoms with Gasteiger partial charge in [-0.1, -0.05) is 30.3 Å². The van der Waals surface area contributed by atoms with Crippen molar-refractivity contribution in [1.29, 1.82) is 0 Å². The van der Waals surface area contributed by atoms with Crippen LogP contribution in [0.2, 0.25) is 0 Å². The van der Waals surface area contributed by atoms with Crippen LogP contribution >= 0.6 is 0 Å². The lowest BCUT2D eigenvalue weighted by molar-refractivity contribution is -0.683. The normalized spacial score (nSPS) is 9.45. The molecule has 0 aliphatic rings. The molecule has 1 amide bonds. The van der Waals surface area contributed by atoms with Gasteiger partial charge in [-0.25, -0.2) is 5.84 Å². The molecule has 0 unspecified atom stereocenters. The summed E-state index contributed by atoms with van der Waals surface area (Å²) >= 11 is 0. The van der Waals surface area contributed by atoms with Gasteiger partial charge in [-0.05, 0) is 0 Å². The van der Waals surface area contributed by atoms with E-state index in [0.29, 0.717) is 11.1 Å². The minimum absolute atomic E-state index is 0. The van der Waals surface area contributed by atoms with Crippen molar-refractivity contribution < 1.29 is 31.1 Å². The molecular weight excluding hydrogens is 322 g/mol. The topological polar surface area (TPSA) is 76.1 Å². The number of nitrogen functional groups attached to an aromatic ring is 1. The number of hydrogen-bond donors (Lipinski definition) is 2. The number of Topliss-reactive ketones (excluding diaryl/α,β-unsaturated/α-hetero) is 1. The fraction of sp³-hybridized carbons (Fsp3) is 0.0714. The molecule has 1 aromatic heterocycles. The van der Waals surface area contributed by atoms with Crippen molar-refractivity contribution in [2.45, 2.75) is 6.54 Å². The molecule has 3 N–H and O–H groups in total. The van der Waals surface area contributed by atoms with Crippen LogP contribution in [0.4, 0.5) is 0 Å². The van der Waals surface area contributed by atoms with Crippen molar-refractivity contribution in [2.75, 3.05) is 0 Å². The lowest BCUT2D eigenvalue weighted by Crippen LogP contribution is -3.00. The van der Waals surface area contributed by atoms with Crippen LogP contribution in [-0.2, 0) is 6.54 Å². The predicted octanol–water partition coefficient (Wildman–Crippen LogP) is -2.54. The first-order chi connectivity index (χ1) is 9.20. The summed E-state index contributed by atoms with van der Waals surface area (Å²) in [6, 6.07) is 12.3. The SMILES string of the molecule is NNC(=O)c1cc[n+](CC(=O)c2ccccc2)cc1.[Br-]. The monoisotopic (exact) mass is 335 g/mol. The summed E-state index contributed by atoms with van der Waals surface area (Å²) in [6.07, 6.45) is 3.34. The molecule has 0 fully saturated rings. The summed E-state index contributed by atoms with van der Waals surface area (Å²) in [5.74, 6) is 4.69. The molecule has 0 spiro atoms. The highest BCUT2D eigenvalue weighted by atomic mass is 79.9. The van der Waals surface area contributed by atoms with Gasteiger partial charge in [0, 0.05) is 17.7 Å². The summed E-state index contributed by atoms with van der Waals surface area (Å²) in [6.45, 7) is 0.231. The lowest BCUT2D eigenvalue weighted by atomic mass is 10.1. The maximum atomic E-state index is 12.0. The number of halogens is 1. The number of nitrogens with one attached hydrogen (secondary N) is 1. The number of benzene rings is 1. The maximum Gasteiger partial charge on any atom is 0.265 e. The highest BCUT2D eigenvalue weighted by molar-refractivity contribution is 5.95. The van der Waals surface area contributed by atoms with Gasteiger partial charge in [0.15, 0.2) is 12.4 Å². The van der Waals surface area contributed by atoms with Gasteiger partial charge < -0.3 is 17.0 Å². The Balaban J connectivity index is 0.00000200. The third-order valence-corrected chi connectivity index (χ3v) is 2.71. The number of aromatic nitrogens is 1. The number of amides is 1. The van der Waals surface area contributed by atoms with Crippen molar-refractivity contribution in [3.8, 4) is 0 Å². The Morgan fingerprint density at radius 2 is 1.60 bits per heavy atom. The average molecular weight is 336 g/mol. The summed E-state index contributed by atoms with van der Waals surface area (Å²) < 4.78 is 1.71. The van der Waals surface area contributed by atoms with Crippen LogP contribution in [0, 0.1) is 0 Å². The van der Waals surface area contributed by atoms with E-state index in [-0.39, 0.29) is 35.2 Å². The molecule has 0 aliphatic carbocycles. The van der Waals surface area contributed by atoms with E-state index in [1.807, 2.05) is 18.2 Å². The number of rotatable bonds is 4. The third kappa shape index (κ3) is 3.97. The molecule has 0 atom stereocenters. The van der Waals surface area contributed by atoms with Crippen LogP contribution in [0.5, 0.6) is 0 Å². The van der Waals surface area contributed by atoms with Crippen LogP contribution in [-0.4, -0.2) is 11.7 Å². The minimum Gasteiger partial charge on any atom is -1.00 e. The Kier molecular flexibility index (Phi) is 6.02. The van der Waals surface area contributed by atoms with Gasteiger partial charge in [-0.2, -0.15) is 4.57 Å². The average Bonchev–Trinajstić information content (AvgIpc) is 2.48. The zero-order valence-corrected chi connectivity index (χ0v) is 12.2. The Hall–Kier alpha value is -2.05. The first kappa shape index (κ1) is 16.0. The number of carbonyl (C=O) groups excluding carboxylic acids is 2. The van der Waals surface area contributed by atoms with E-state index >= 15 is 0 Å². The van der Waals surface area contributed by atoms with Crippen LogP contribution < -0.4 is 32.8 Å². The van der Waals surface area contributed by atoms with Crippen molar-refractivity contribution in [2.24, 2.45) is 5.84 Å². The molecule has 6 heteroatoms. The molecule has 1 heterocycles. The largest absolute Gasteiger partial charge is 1.00 e. The molecule has 1 aromatic carbocycles. The number of hydrogen-bond acceptors (Lipinski definition) is 3. The van der Waals surface area contributed by atoms with Crippen molar-refractivity contribution in [3.05, 3.63) is 66.0 Å². The number of hydrazine groups is 1. The van der Waals surface area contributed by atoms with Gasteiger partial charge in [0.1, 0.15) is 0 Å². The molecule has 0 radical (unpaired) electrons. The molecular formula is C14H14BrN3O2. The van der Waals surface area contributed by atoms with Crippen LogP contribution in [0.15, 0.2) is 54.9 Å². The Labute approximate surface area is 127 Å². The van der Waals surface area contributed by atoms with Gasteiger partial charge in [-0.15, -0.1) is 0 Å². The van der Waals surface area contributed by atoms with Gasteiger partial charge in [-0.3, -0.25) is 15.0 Å². The van der Waals surface area contributed by atoms with E-state index in [9.17, 15) is 9.59 Å². The summed E-state index contributed by atoms with van der Waals surface area (Å²) in [4.78, 5) is 23.2. The molecule has 5 nitrogen and oxygen atoms in total. The highest BCUT2D eigenvalue weighted by Crippen LogP contribution is 2.00. The third-order valence-electron chi connectivity index (χ3n) is 2.71. The van der Waals surface area contributed by atoms with Gasteiger partial charge in [0.2, 0.25) is 12.3 Å². The van der Waals surface area contributed by atoms with Crippen molar-refractivity contribution >= 4 is 11.7 Å². The molecule has 0 aliphatic heterocycles. The van der Waals surface area contributed by atoms with Gasteiger partial charge >= 0.3 is 0 Å². The highest BCUT2D eigenvalue weighted by Gasteiger charge is 2.12. The predicted molar refractivity (Wildman–Crippen MR) is 69.1 cm³/mol. The summed E-state index contributed by atoms with van der Waals surface area (Å²) in [7, 11) is 0. The molecule has 0 saturated heterocycles. The second-order valence-corrected chi connectivity index (χ2v) is 4.02. The minimum atomic E-state index is -0.360. The van der Waals surface area contributed by atoms with Crippen LogP contribution in [0.1, 0.15) is 20.7 Å². The Bertz CT molecular complexity index is 585. The summed E-state index contributed by atoms with van der Waals surface area (Å²) in [5, 5.41) is 0. The fourth-order valence-electron chi connectivity index (χ4n) is 1.68. The standard InChI is InChI=1S/C14H13N3O2.BrH/c15-16-14(19)12-6-8-17(9-7-12)10-13(18)11-4-2-1-3-5-11;/h1-9,15,19H,10H2;1H. The second kappa shape index (κ2) is 7.52. The first-order valence-corrected chi connectivity index (χ1v) is 5.79. The van der Waals surface area contributed by atoms with Crippen LogP contribution in [0.25, 0.3) is 0 Å². The lowest BCUT2D eigenvalue weighted by Gasteiger charge is -2.00. The van der Waals surface area contributed by atoms with Crippen molar-refractivity contribution in [3.63, 3.8) is 0 Å². The molecule has 104 valence electrons. The quantitative estimate of drug-likeness (QED) is 0.213.